The van der Waals surface area contributed by atoms with Gasteiger partial charge in [-0.05, 0) is 30.5 Å². The first-order valence-electron chi connectivity index (χ1n) is 8.49. The first-order valence-corrected chi connectivity index (χ1v) is 10.4. The number of rotatable bonds is 7. The monoisotopic (exact) mass is 402 g/mol. The number of nitrogens with one attached hydrogen (secondary N) is 1. The third kappa shape index (κ3) is 4.09. The normalized spacial score (nSPS) is 12.3. The van der Waals surface area contributed by atoms with Gasteiger partial charge in [-0.1, -0.05) is 17.8 Å². The summed E-state index contributed by atoms with van der Waals surface area (Å²) >= 11 is 3.09. The predicted molar refractivity (Wildman–Crippen MR) is 105 cm³/mol. The summed E-state index contributed by atoms with van der Waals surface area (Å²) in [7, 11) is 0. The van der Waals surface area contributed by atoms with Gasteiger partial charge in [0.1, 0.15) is 5.82 Å². The largest absolute Gasteiger partial charge is 0.454 e. The summed E-state index contributed by atoms with van der Waals surface area (Å²) in [4.78, 5) is 13.5. The lowest BCUT2D eigenvalue weighted by molar-refractivity contribution is -0.113. The van der Waals surface area contributed by atoms with Crippen LogP contribution in [0.3, 0.4) is 0 Å². The van der Waals surface area contributed by atoms with Crippen molar-refractivity contribution < 1.29 is 14.3 Å². The van der Waals surface area contributed by atoms with Gasteiger partial charge in [0.2, 0.25) is 12.7 Å². The van der Waals surface area contributed by atoms with Gasteiger partial charge >= 0.3 is 0 Å². The van der Waals surface area contributed by atoms with Gasteiger partial charge in [0.25, 0.3) is 0 Å². The van der Waals surface area contributed by atoms with Crippen molar-refractivity contribution in [3.8, 4) is 11.5 Å². The number of amides is 1. The van der Waals surface area contributed by atoms with Crippen LogP contribution in [0.4, 0.5) is 5.69 Å². The van der Waals surface area contributed by atoms with Crippen molar-refractivity contribution in [3.05, 3.63) is 46.4 Å². The smallest absolute Gasteiger partial charge is 0.234 e. The number of fused-ring (bicyclic) bond motifs is 1. The molecule has 0 aliphatic carbocycles. The number of ether oxygens (including phenoxy) is 2. The summed E-state index contributed by atoms with van der Waals surface area (Å²) in [5.74, 6) is 2.40. The van der Waals surface area contributed by atoms with E-state index in [1.807, 2.05) is 6.07 Å². The first-order chi connectivity index (χ1) is 13.2. The average Bonchev–Trinajstić information content (AvgIpc) is 3.41. The van der Waals surface area contributed by atoms with E-state index in [9.17, 15) is 4.79 Å². The summed E-state index contributed by atoms with van der Waals surface area (Å²) < 4.78 is 12.7. The third-order valence-corrected chi connectivity index (χ3v) is 5.85. The van der Waals surface area contributed by atoms with E-state index in [0.29, 0.717) is 17.2 Å². The van der Waals surface area contributed by atoms with Crippen molar-refractivity contribution in [2.45, 2.75) is 25.0 Å². The van der Waals surface area contributed by atoms with Crippen LogP contribution >= 0.6 is 23.1 Å². The molecule has 1 aliphatic rings. The highest BCUT2D eigenvalue weighted by Gasteiger charge is 2.16. The van der Waals surface area contributed by atoms with E-state index in [2.05, 4.69) is 38.5 Å². The molecule has 1 N–H and O–H groups in total. The fourth-order valence-corrected chi connectivity index (χ4v) is 4.27. The number of carbonyl (C=O) groups is 1. The zero-order valence-corrected chi connectivity index (χ0v) is 16.3. The van der Waals surface area contributed by atoms with Gasteiger partial charge in [0, 0.05) is 29.6 Å². The minimum Gasteiger partial charge on any atom is -0.454 e. The molecule has 7 nitrogen and oxygen atoms in total. The summed E-state index contributed by atoms with van der Waals surface area (Å²) in [5.41, 5.74) is 0.681. The van der Waals surface area contributed by atoms with Crippen LogP contribution in [0.25, 0.3) is 0 Å². The maximum atomic E-state index is 12.3. The molecule has 3 heterocycles. The van der Waals surface area contributed by atoms with Crippen LogP contribution in [0.15, 0.2) is 40.9 Å². The molecule has 140 valence electrons. The van der Waals surface area contributed by atoms with Gasteiger partial charge in [-0.25, -0.2) is 0 Å². The molecule has 0 unspecified atom stereocenters. The van der Waals surface area contributed by atoms with Gasteiger partial charge in [-0.2, -0.15) is 0 Å². The molecule has 27 heavy (non-hydrogen) atoms. The van der Waals surface area contributed by atoms with Crippen LogP contribution in [0.2, 0.25) is 0 Å². The highest BCUT2D eigenvalue weighted by atomic mass is 32.2. The van der Waals surface area contributed by atoms with Crippen LogP contribution in [0.5, 0.6) is 11.5 Å². The quantitative estimate of drug-likeness (QED) is 0.610. The summed E-state index contributed by atoms with van der Waals surface area (Å²) in [5, 5.41) is 14.2. The third-order valence-electron chi connectivity index (χ3n) is 4.01. The van der Waals surface area contributed by atoms with Crippen molar-refractivity contribution in [2.24, 2.45) is 0 Å². The second-order valence-electron chi connectivity index (χ2n) is 5.80. The standard InChI is InChI=1S/C18H18N4O3S2/c1-2-22-16(9-13-4-3-7-26-13)20-21-18(22)27-10-17(23)19-12-5-6-14-15(8-12)25-11-24-14/h3-8H,2,9-11H2,1H3,(H,19,23). The number of anilines is 1. The number of thioether (sulfide) groups is 1. The lowest BCUT2D eigenvalue weighted by Gasteiger charge is -2.08. The Bertz CT molecular complexity index is 940. The molecule has 0 spiro atoms. The van der Waals surface area contributed by atoms with Gasteiger partial charge < -0.3 is 19.4 Å². The van der Waals surface area contributed by atoms with E-state index in [-0.39, 0.29) is 18.5 Å². The molecular weight excluding hydrogens is 384 g/mol. The van der Waals surface area contributed by atoms with E-state index < -0.39 is 0 Å². The Morgan fingerprint density at radius 2 is 2.19 bits per heavy atom. The van der Waals surface area contributed by atoms with Gasteiger partial charge in [-0.3, -0.25) is 4.79 Å². The molecule has 9 heteroatoms. The van der Waals surface area contributed by atoms with Crippen molar-refractivity contribution in [2.75, 3.05) is 17.9 Å². The molecule has 1 amide bonds. The number of thiophene rings is 1. The van der Waals surface area contributed by atoms with Crippen LogP contribution < -0.4 is 14.8 Å². The number of hydrogen-bond donors (Lipinski definition) is 1. The molecule has 0 fully saturated rings. The lowest BCUT2D eigenvalue weighted by Crippen LogP contribution is -2.14. The molecule has 3 aromatic rings. The van der Waals surface area contributed by atoms with E-state index in [1.165, 1.54) is 16.6 Å². The zero-order chi connectivity index (χ0) is 18.6. The topological polar surface area (TPSA) is 78.3 Å². The van der Waals surface area contributed by atoms with E-state index in [1.54, 1.807) is 29.5 Å². The molecule has 1 aromatic carbocycles. The predicted octanol–water partition coefficient (Wildman–Crippen LogP) is 3.41. The van der Waals surface area contributed by atoms with E-state index >= 15 is 0 Å². The minimum absolute atomic E-state index is 0.107. The van der Waals surface area contributed by atoms with E-state index in [0.717, 1.165) is 23.9 Å². The number of hydrogen-bond acceptors (Lipinski definition) is 7. The highest BCUT2D eigenvalue weighted by Crippen LogP contribution is 2.34. The Morgan fingerprint density at radius 3 is 3.00 bits per heavy atom. The Kier molecular flexibility index (Phi) is 5.30. The SMILES string of the molecule is CCn1c(Cc2cccs2)nnc1SCC(=O)Nc1ccc2c(c1)OCO2. The molecule has 0 bridgehead atoms. The van der Waals surface area contributed by atoms with Gasteiger partial charge in [0.15, 0.2) is 16.7 Å². The number of carbonyl (C=O) groups excluding carboxylic acids is 1. The second kappa shape index (κ2) is 8.01. The lowest BCUT2D eigenvalue weighted by atomic mass is 10.3. The van der Waals surface area contributed by atoms with Crippen LogP contribution in [-0.2, 0) is 17.8 Å². The van der Waals surface area contributed by atoms with Crippen LogP contribution in [-0.4, -0.2) is 33.2 Å². The molecule has 0 saturated carbocycles. The fourth-order valence-electron chi connectivity index (χ4n) is 2.74. The average molecular weight is 403 g/mol. The molecule has 2 aromatic heterocycles. The molecule has 1 aliphatic heterocycles. The second-order valence-corrected chi connectivity index (χ2v) is 7.78. The van der Waals surface area contributed by atoms with Crippen molar-refractivity contribution in [1.82, 2.24) is 14.8 Å². The minimum atomic E-state index is -0.107. The molecular formula is C18H18N4O3S2. The zero-order valence-electron chi connectivity index (χ0n) is 14.7. The molecule has 4 rings (SSSR count). The fraction of sp³-hybridized carbons (Fsp3) is 0.278. The summed E-state index contributed by atoms with van der Waals surface area (Å²) in [6.07, 6.45) is 0.752. The summed E-state index contributed by atoms with van der Waals surface area (Å²) in [6.45, 7) is 3.03. The number of benzene rings is 1. The Labute approximate surface area is 164 Å². The molecule has 0 saturated heterocycles. The highest BCUT2D eigenvalue weighted by molar-refractivity contribution is 7.99. The van der Waals surface area contributed by atoms with Crippen molar-refractivity contribution in [1.29, 1.82) is 0 Å². The number of aromatic nitrogens is 3. The Balaban J connectivity index is 1.36. The van der Waals surface area contributed by atoms with Gasteiger partial charge in [-0.15, -0.1) is 21.5 Å². The Morgan fingerprint density at radius 1 is 1.30 bits per heavy atom. The summed E-state index contributed by atoms with van der Waals surface area (Å²) in [6, 6.07) is 9.46. The van der Waals surface area contributed by atoms with Crippen LogP contribution in [0.1, 0.15) is 17.6 Å². The van der Waals surface area contributed by atoms with Gasteiger partial charge in [0.05, 0.1) is 5.75 Å². The van der Waals surface area contributed by atoms with Crippen LogP contribution in [0, 0.1) is 0 Å². The molecule has 0 atom stereocenters. The number of nitrogens with zero attached hydrogens (tertiary/aromatic N) is 3. The van der Waals surface area contributed by atoms with E-state index in [4.69, 9.17) is 9.47 Å². The Hall–Kier alpha value is -2.52. The maximum absolute atomic E-state index is 12.3. The van der Waals surface area contributed by atoms with Crippen molar-refractivity contribution >= 4 is 34.7 Å². The molecule has 0 radical (unpaired) electrons. The van der Waals surface area contributed by atoms with Crippen molar-refractivity contribution in [3.63, 3.8) is 0 Å². The first kappa shape index (κ1) is 17.9. The maximum Gasteiger partial charge on any atom is 0.234 e.